The summed E-state index contributed by atoms with van der Waals surface area (Å²) in [5.41, 5.74) is -0.335. The lowest BCUT2D eigenvalue weighted by Gasteiger charge is -2.42. The largest absolute Gasteiger partial charge is 0.508 e. The van der Waals surface area contributed by atoms with Crippen LogP contribution in [0.25, 0.3) is 0 Å². The van der Waals surface area contributed by atoms with E-state index in [-0.39, 0.29) is 5.75 Å². The summed E-state index contributed by atoms with van der Waals surface area (Å²) in [5.74, 6) is -0.570. The molecule has 0 saturated heterocycles. The van der Waals surface area contributed by atoms with E-state index in [0.717, 1.165) is 0 Å². The van der Waals surface area contributed by atoms with E-state index < -0.39 is 47.7 Å². The quantitative estimate of drug-likeness (QED) is 0.407. The number of phenolic OH excluding ortho intramolecular Hbond substituents is 1. The Balaban J connectivity index is 2.55. The van der Waals surface area contributed by atoms with Crippen molar-refractivity contribution in [3.05, 3.63) is 53.6 Å². The fourth-order valence-corrected chi connectivity index (χ4v) is 3.80. The van der Waals surface area contributed by atoms with Crippen molar-refractivity contribution in [1.29, 1.82) is 0 Å². The van der Waals surface area contributed by atoms with Crippen LogP contribution in [0.5, 0.6) is 11.5 Å². The lowest BCUT2D eigenvalue weighted by molar-refractivity contribution is -0.147. The van der Waals surface area contributed by atoms with E-state index >= 15 is 0 Å². The van der Waals surface area contributed by atoms with Crippen LogP contribution in [-0.4, -0.2) is 63.9 Å². The predicted molar refractivity (Wildman–Crippen MR) is 144 cm³/mol. The van der Waals surface area contributed by atoms with Gasteiger partial charge in [0, 0.05) is 11.2 Å². The number of hydrogen-bond acceptors (Lipinski definition) is 7. The van der Waals surface area contributed by atoms with Crippen molar-refractivity contribution in [2.75, 3.05) is 19.0 Å². The molecule has 0 aliphatic rings. The Labute approximate surface area is 223 Å². The van der Waals surface area contributed by atoms with Gasteiger partial charge in [-0.15, -0.1) is 0 Å². The monoisotopic (exact) mass is 529 g/mol. The molecule has 208 valence electrons. The average molecular weight is 530 g/mol. The lowest BCUT2D eigenvalue weighted by atomic mass is 9.94. The minimum Gasteiger partial charge on any atom is -0.508 e. The molecule has 0 fully saturated rings. The van der Waals surface area contributed by atoms with Crippen LogP contribution in [0.4, 0.5) is 10.5 Å². The second-order valence-electron chi connectivity index (χ2n) is 10.9. The van der Waals surface area contributed by atoms with Gasteiger partial charge in [-0.25, -0.2) is 4.79 Å². The van der Waals surface area contributed by atoms with Gasteiger partial charge in [0.2, 0.25) is 5.91 Å². The van der Waals surface area contributed by atoms with Gasteiger partial charge < -0.3 is 35.2 Å². The minimum atomic E-state index is -1.38. The van der Waals surface area contributed by atoms with E-state index in [1.54, 1.807) is 84.9 Å². The van der Waals surface area contributed by atoms with Crippen molar-refractivity contribution in [2.24, 2.45) is 0 Å². The van der Waals surface area contributed by atoms with Gasteiger partial charge in [0.25, 0.3) is 5.91 Å². The standard InChI is InChI=1S/C28H39N3O7/c1-17-15-18(9-14-22(17)33)23(24(34)29-19-10-12-20(37-8)13-11-19)31(27(2,3)4)25(35)21(16-32)30-26(36)38-28(5,6)7/h9-15,21,23,32-33H,16H2,1-8H3,(H,29,34)(H,30,36). The van der Waals surface area contributed by atoms with Crippen LogP contribution in [0.1, 0.15) is 58.7 Å². The maximum atomic E-state index is 13.9. The summed E-state index contributed by atoms with van der Waals surface area (Å²) in [6, 6.07) is 8.78. The Morgan fingerprint density at radius 2 is 1.61 bits per heavy atom. The van der Waals surface area contributed by atoms with Crippen LogP contribution >= 0.6 is 0 Å². The maximum absolute atomic E-state index is 13.9. The summed E-state index contributed by atoms with van der Waals surface area (Å²) in [7, 11) is 1.53. The number of carbonyl (C=O) groups is 3. The second kappa shape index (κ2) is 12.2. The van der Waals surface area contributed by atoms with Crippen molar-refractivity contribution in [1.82, 2.24) is 10.2 Å². The number of aromatic hydroxyl groups is 1. The van der Waals surface area contributed by atoms with Crippen LogP contribution in [0, 0.1) is 6.92 Å². The molecule has 0 bridgehead atoms. The number of nitrogens with one attached hydrogen (secondary N) is 2. The van der Waals surface area contributed by atoms with Gasteiger partial charge >= 0.3 is 6.09 Å². The number of alkyl carbamates (subject to hydrolysis) is 1. The van der Waals surface area contributed by atoms with Gasteiger partial charge in [-0.1, -0.05) is 6.07 Å². The SMILES string of the molecule is COc1ccc(NC(=O)C(c2ccc(O)c(C)c2)N(C(=O)C(CO)NC(=O)OC(C)(C)C)C(C)(C)C)cc1. The third-order valence-electron chi connectivity index (χ3n) is 5.53. The number of ether oxygens (including phenoxy) is 2. The molecule has 0 aromatic heterocycles. The zero-order valence-electron chi connectivity index (χ0n) is 23.3. The molecule has 38 heavy (non-hydrogen) atoms. The van der Waals surface area contributed by atoms with Gasteiger partial charge in [-0.05, 0) is 96.0 Å². The highest BCUT2D eigenvalue weighted by molar-refractivity contribution is 5.99. The summed E-state index contributed by atoms with van der Waals surface area (Å²) in [5, 5.41) is 25.4. The summed E-state index contributed by atoms with van der Waals surface area (Å²) in [4.78, 5) is 41.4. The number of phenols is 1. The number of hydrogen-bond donors (Lipinski definition) is 4. The van der Waals surface area contributed by atoms with Gasteiger partial charge in [-0.3, -0.25) is 9.59 Å². The maximum Gasteiger partial charge on any atom is 0.408 e. The van der Waals surface area contributed by atoms with E-state index in [1.165, 1.54) is 18.1 Å². The molecule has 2 unspecified atom stereocenters. The van der Waals surface area contributed by atoms with Crippen molar-refractivity contribution in [3.8, 4) is 11.5 Å². The molecule has 0 spiro atoms. The van der Waals surface area contributed by atoms with Crippen LogP contribution in [-0.2, 0) is 14.3 Å². The first-order valence-corrected chi connectivity index (χ1v) is 12.3. The van der Waals surface area contributed by atoms with Gasteiger partial charge in [0.1, 0.15) is 29.2 Å². The fraction of sp³-hybridized carbons (Fsp3) is 0.464. The molecule has 2 rings (SSSR count). The van der Waals surface area contributed by atoms with E-state index in [1.807, 2.05) is 0 Å². The molecule has 0 aliphatic heterocycles. The highest BCUT2D eigenvalue weighted by atomic mass is 16.6. The van der Waals surface area contributed by atoms with Crippen molar-refractivity contribution in [2.45, 2.75) is 71.7 Å². The topological polar surface area (TPSA) is 137 Å². The summed E-state index contributed by atoms with van der Waals surface area (Å²) < 4.78 is 10.4. The normalized spacial score (nSPS) is 13.2. The zero-order chi connectivity index (χ0) is 28.8. The van der Waals surface area contributed by atoms with Gasteiger partial charge in [0.05, 0.1) is 13.7 Å². The molecule has 0 radical (unpaired) electrons. The molecule has 3 amide bonds. The molecule has 10 nitrogen and oxygen atoms in total. The minimum absolute atomic E-state index is 0.0384. The molecule has 2 atom stereocenters. The van der Waals surface area contributed by atoms with Gasteiger partial charge in [-0.2, -0.15) is 0 Å². The number of rotatable bonds is 8. The Hall–Kier alpha value is -3.79. The van der Waals surface area contributed by atoms with E-state index in [9.17, 15) is 24.6 Å². The molecular formula is C28H39N3O7. The van der Waals surface area contributed by atoms with Crippen molar-refractivity contribution < 1.29 is 34.1 Å². The molecule has 10 heteroatoms. The molecule has 0 saturated carbocycles. The lowest BCUT2D eigenvalue weighted by Crippen LogP contribution is -2.59. The van der Waals surface area contributed by atoms with Crippen LogP contribution in [0.2, 0.25) is 0 Å². The van der Waals surface area contributed by atoms with E-state index in [4.69, 9.17) is 9.47 Å². The summed E-state index contributed by atoms with van der Waals surface area (Å²) in [6.45, 7) is 11.2. The molecule has 0 aliphatic carbocycles. The van der Waals surface area contributed by atoms with Crippen LogP contribution < -0.4 is 15.4 Å². The average Bonchev–Trinajstić information content (AvgIpc) is 2.80. The predicted octanol–water partition coefficient (Wildman–Crippen LogP) is 3.90. The number of carbonyl (C=O) groups excluding carboxylic acids is 3. The first kappa shape index (κ1) is 30.4. The third-order valence-corrected chi connectivity index (χ3v) is 5.53. The third kappa shape index (κ3) is 8.11. The second-order valence-corrected chi connectivity index (χ2v) is 10.9. The number of aliphatic hydroxyl groups is 1. The number of aliphatic hydroxyl groups excluding tert-OH is 1. The Morgan fingerprint density at radius 3 is 2.08 bits per heavy atom. The molecule has 2 aromatic rings. The number of aryl methyl sites for hydroxylation is 1. The van der Waals surface area contributed by atoms with Crippen molar-refractivity contribution in [3.63, 3.8) is 0 Å². The van der Waals surface area contributed by atoms with Crippen LogP contribution in [0.15, 0.2) is 42.5 Å². The number of benzene rings is 2. The highest BCUT2D eigenvalue weighted by Gasteiger charge is 2.42. The smallest absolute Gasteiger partial charge is 0.408 e. The number of nitrogens with zero attached hydrogens (tertiary/aromatic N) is 1. The zero-order valence-corrected chi connectivity index (χ0v) is 23.3. The Bertz CT molecular complexity index is 1130. The van der Waals surface area contributed by atoms with Crippen molar-refractivity contribution >= 4 is 23.6 Å². The molecule has 2 aromatic carbocycles. The molecule has 4 N–H and O–H groups in total. The number of amides is 3. The summed E-state index contributed by atoms with van der Waals surface area (Å²) in [6.07, 6.45) is -0.876. The first-order chi connectivity index (χ1) is 17.6. The van der Waals surface area contributed by atoms with Gasteiger partial charge in [0.15, 0.2) is 0 Å². The summed E-state index contributed by atoms with van der Waals surface area (Å²) >= 11 is 0. The van der Waals surface area contributed by atoms with E-state index in [2.05, 4.69) is 10.6 Å². The Kier molecular flexibility index (Phi) is 9.75. The number of methoxy groups -OCH3 is 1. The fourth-order valence-electron chi connectivity index (χ4n) is 3.80. The highest BCUT2D eigenvalue weighted by Crippen LogP contribution is 2.33. The van der Waals surface area contributed by atoms with E-state index in [0.29, 0.717) is 22.6 Å². The Morgan fingerprint density at radius 1 is 1.00 bits per heavy atom. The molecular weight excluding hydrogens is 490 g/mol. The molecule has 0 heterocycles. The first-order valence-electron chi connectivity index (χ1n) is 12.3. The number of anilines is 1. The van der Waals surface area contributed by atoms with Crippen LogP contribution in [0.3, 0.4) is 0 Å².